The number of amides is 1. The van der Waals surface area contributed by atoms with Crippen molar-refractivity contribution in [2.24, 2.45) is 0 Å². The summed E-state index contributed by atoms with van der Waals surface area (Å²) in [5, 5.41) is 9.12. The molecule has 5 nitrogen and oxygen atoms in total. The minimum atomic E-state index is -0.305. The van der Waals surface area contributed by atoms with Gasteiger partial charge in [0.1, 0.15) is 5.75 Å². The van der Waals surface area contributed by atoms with Gasteiger partial charge in [-0.15, -0.1) is 0 Å². The number of aliphatic hydroxyl groups excluding tert-OH is 1. The second kappa shape index (κ2) is 7.06. The lowest BCUT2D eigenvalue weighted by molar-refractivity contribution is -0.148. The van der Waals surface area contributed by atoms with Crippen molar-refractivity contribution in [1.82, 2.24) is 4.90 Å². The molecular formula is C14H18BrNO4. The molecule has 1 fully saturated rings. The van der Waals surface area contributed by atoms with Gasteiger partial charge in [-0.1, -0.05) is 22.0 Å². The van der Waals surface area contributed by atoms with Crippen LogP contribution in [0, 0.1) is 0 Å². The molecule has 1 amide bonds. The predicted octanol–water partition coefficient (Wildman–Crippen LogP) is 1.44. The highest BCUT2D eigenvalue weighted by Crippen LogP contribution is 2.18. The molecule has 1 saturated heterocycles. The number of ether oxygens (including phenoxy) is 2. The van der Waals surface area contributed by atoms with Crippen molar-refractivity contribution >= 4 is 21.8 Å². The van der Waals surface area contributed by atoms with E-state index < -0.39 is 0 Å². The fourth-order valence-corrected chi connectivity index (χ4v) is 2.44. The van der Waals surface area contributed by atoms with Crippen molar-refractivity contribution in [3.05, 3.63) is 28.7 Å². The summed E-state index contributed by atoms with van der Waals surface area (Å²) in [6, 6.07) is 7.36. The molecular weight excluding hydrogens is 326 g/mol. The molecule has 0 saturated carbocycles. The van der Waals surface area contributed by atoms with Gasteiger partial charge in [-0.05, 0) is 25.1 Å². The van der Waals surface area contributed by atoms with Crippen molar-refractivity contribution in [3.8, 4) is 5.75 Å². The Labute approximate surface area is 126 Å². The fourth-order valence-electron chi connectivity index (χ4n) is 2.06. The first-order chi connectivity index (χ1) is 9.60. The van der Waals surface area contributed by atoms with Crippen molar-refractivity contribution in [3.63, 3.8) is 0 Å². The molecule has 1 aliphatic rings. The van der Waals surface area contributed by atoms with Gasteiger partial charge < -0.3 is 19.5 Å². The van der Waals surface area contributed by atoms with Crippen LogP contribution < -0.4 is 4.74 Å². The molecule has 1 aromatic rings. The van der Waals surface area contributed by atoms with Crippen LogP contribution in [-0.4, -0.2) is 54.4 Å². The minimum Gasteiger partial charge on any atom is -0.484 e. The van der Waals surface area contributed by atoms with Gasteiger partial charge in [0, 0.05) is 11.0 Å². The monoisotopic (exact) mass is 343 g/mol. The number of halogens is 1. The van der Waals surface area contributed by atoms with E-state index in [2.05, 4.69) is 15.9 Å². The summed E-state index contributed by atoms with van der Waals surface area (Å²) < 4.78 is 11.8. The molecule has 1 N–H and O–H groups in total. The van der Waals surface area contributed by atoms with Crippen LogP contribution in [-0.2, 0) is 9.53 Å². The van der Waals surface area contributed by atoms with E-state index in [1.165, 1.54) is 0 Å². The van der Waals surface area contributed by atoms with E-state index in [0.717, 1.165) is 4.47 Å². The van der Waals surface area contributed by atoms with E-state index in [1.807, 2.05) is 25.1 Å². The lowest BCUT2D eigenvalue weighted by Crippen LogP contribution is -2.53. The summed E-state index contributed by atoms with van der Waals surface area (Å²) in [6.45, 7) is 2.67. The van der Waals surface area contributed by atoms with E-state index in [1.54, 1.807) is 11.0 Å². The lowest BCUT2D eigenvalue weighted by Gasteiger charge is -2.37. The number of carbonyl (C=O) groups is 1. The third kappa shape index (κ3) is 3.94. The average Bonchev–Trinajstić information content (AvgIpc) is 2.45. The Balaban J connectivity index is 1.90. The molecule has 2 rings (SSSR count). The maximum Gasteiger partial charge on any atom is 0.260 e. The van der Waals surface area contributed by atoms with Gasteiger partial charge in [0.05, 0.1) is 25.4 Å². The molecule has 0 aromatic heterocycles. The Morgan fingerprint density at radius 1 is 1.60 bits per heavy atom. The minimum absolute atomic E-state index is 0.00332. The van der Waals surface area contributed by atoms with Gasteiger partial charge in [0.25, 0.3) is 5.91 Å². The molecule has 0 bridgehead atoms. The van der Waals surface area contributed by atoms with Crippen molar-refractivity contribution in [2.45, 2.75) is 19.1 Å². The molecule has 20 heavy (non-hydrogen) atoms. The number of morpholine rings is 1. The van der Waals surface area contributed by atoms with Crippen LogP contribution in [0.4, 0.5) is 0 Å². The second-order valence-corrected chi connectivity index (χ2v) is 5.69. The number of aliphatic hydroxyl groups is 1. The molecule has 6 heteroatoms. The molecule has 1 heterocycles. The Kier molecular flexibility index (Phi) is 5.39. The van der Waals surface area contributed by atoms with Gasteiger partial charge in [-0.3, -0.25) is 4.79 Å². The topological polar surface area (TPSA) is 59.0 Å². The van der Waals surface area contributed by atoms with Gasteiger partial charge in [-0.25, -0.2) is 0 Å². The number of benzene rings is 1. The lowest BCUT2D eigenvalue weighted by atomic mass is 10.2. The summed E-state index contributed by atoms with van der Waals surface area (Å²) in [5.74, 6) is 0.548. The summed E-state index contributed by atoms with van der Waals surface area (Å²) in [7, 11) is 0. The Morgan fingerprint density at radius 2 is 2.40 bits per heavy atom. The number of rotatable bonds is 4. The highest BCUT2D eigenvalue weighted by atomic mass is 79.9. The zero-order valence-corrected chi connectivity index (χ0v) is 12.9. The van der Waals surface area contributed by atoms with Crippen LogP contribution in [0.1, 0.15) is 6.92 Å². The molecule has 2 atom stereocenters. The first-order valence-electron chi connectivity index (χ1n) is 6.50. The summed E-state index contributed by atoms with van der Waals surface area (Å²) in [6.07, 6.45) is -0.305. The smallest absolute Gasteiger partial charge is 0.260 e. The predicted molar refractivity (Wildman–Crippen MR) is 77.6 cm³/mol. The van der Waals surface area contributed by atoms with E-state index in [0.29, 0.717) is 18.9 Å². The highest BCUT2D eigenvalue weighted by molar-refractivity contribution is 9.10. The molecule has 0 spiro atoms. The first kappa shape index (κ1) is 15.3. The standard InChI is InChI=1S/C14H18BrNO4/c1-10-8-19-13(7-17)6-16(10)14(18)9-20-12-4-2-3-11(15)5-12/h2-5,10,13,17H,6-9H2,1H3. The third-order valence-corrected chi connectivity index (χ3v) is 3.68. The van der Waals surface area contributed by atoms with Crippen LogP contribution in [0.15, 0.2) is 28.7 Å². The molecule has 2 unspecified atom stereocenters. The van der Waals surface area contributed by atoms with Crippen molar-refractivity contribution < 1.29 is 19.4 Å². The van der Waals surface area contributed by atoms with Crippen LogP contribution in [0.2, 0.25) is 0 Å². The number of nitrogens with zero attached hydrogens (tertiary/aromatic N) is 1. The van der Waals surface area contributed by atoms with E-state index in [-0.39, 0.29) is 31.3 Å². The molecule has 1 aliphatic heterocycles. The summed E-state index contributed by atoms with van der Waals surface area (Å²) in [5.41, 5.74) is 0. The molecule has 0 aliphatic carbocycles. The van der Waals surface area contributed by atoms with Gasteiger partial charge >= 0.3 is 0 Å². The van der Waals surface area contributed by atoms with Crippen LogP contribution in [0.5, 0.6) is 5.75 Å². The molecule has 110 valence electrons. The third-order valence-electron chi connectivity index (χ3n) is 3.19. The number of carbonyl (C=O) groups excluding carboxylic acids is 1. The van der Waals surface area contributed by atoms with Gasteiger partial charge in [-0.2, -0.15) is 0 Å². The average molecular weight is 344 g/mol. The van der Waals surface area contributed by atoms with Crippen LogP contribution in [0.25, 0.3) is 0 Å². The van der Waals surface area contributed by atoms with Gasteiger partial charge in [0.2, 0.25) is 0 Å². The van der Waals surface area contributed by atoms with E-state index >= 15 is 0 Å². The summed E-state index contributed by atoms with van der Waals surface area (Å²) >= 11 is 3.35. The van der Waals surface area contributed by atoms with Crippen LogP contribution in [0.3, 0.4) is 0 Å². The zero-order valence-electron chi connectivity index (χ0n) is 11.3. The first-order valence-corrected chi connectivity index (χ1v) is 7.29. The Hall–Kier alpha value is -1.11. The van der Waals surface area contributed by atoms with E-state index in [9.17, 15) is 4.79 Å². The number of hydrogen-bond donors (Lipinski definition) is 1. The second-order valence-electron chi connectivity index (χ2n) is 4.78. The molecule has 0 radical (unpaired) electrons. The fraction of sp³-hybridized carbons (Fsp3) is 0.500. The Morgan fingerprint density at radius 3 is 3.10 bits per heavy atom. The Bertz CT molecular complexity index is 468. The highest BCUT2D eigenvalue weighted by Gasteiger charge is 2.29. The maximum atomic E-state index is 12.2. The summed E-state index contributed by atoms with van der Waals surface area (Å²) in [4.78, 5) is 13.9. The van der Waals surface area contributed by atoms with Crippen molar-refractivity contribution in [2.75, 3.05) is 26.4 Å². The normalized spacial score (nSPS) is 22.6. The molecule has 1 aromatic carbocycles. The largest absolute Gasteiger partial charge is 0.484 e. The quantitative estimate of drug-likeness (QED) is 0.898. The van der Waals surface area contributed by atoms with Gasteiger partial charge in [0.15, 0.2) is 6.61 Å². The van der Waals surface area contributed by atoms with Crippen LogP contribution >= 0.6 is 15.9 Å². The van der Waals surface area contributed by atoms with E-state index in [4.69, 9.17) is 14.6 Å². The maximum absolute atomic E-state index is 12.2. The SMILES string of the molecule is CC1COC(CO)CN1C(=O)COc1cccc(Br)c1. The van der Waals surface area contributed by atoms with Crippen molar-refractivity contribution in [1.29, 1.82) is 0 Å². The number of hydrogen-bond acceptors (Lipinski definition) is 4. The zero-order chi connectivity index (χ0) is 14.5.